The molecule has 0 bridgehead atoms. The van der Waals surface area contributed by atoms with E-state index in [4.69, 9.17) is 0 Å². The van der Waals surface area contributed by atoms with Crippen molar-refractivity contribution < 1.29 is 0 Å². The Hall–Kier alpha value is 0.0900. The summed E-state index contributed by atoms with van der Waals surface area (Å²) in [4.78, 5) is 0. The molecule has 0 N–H and O–H groups in total. The Bertz CT molecular complexity index is 221. The Balaban J connectivity index is 2.42. The van der Waals surface area contributed by atoms with Gasteiger partial charge in [-0.25, -0.2) is 0 Å². The number of allylic oxidation sites excluding steroid dienone is 1. The molecule has 0 aromatic carbocycles. The molecule has 1 heteroatoms. The second-order valence-corrected chi connectivity index (χ2v) is 7.34. The third-order valence-electron chi connectivity index (χ3n) is 3.66. The number of hydrogen-bond donors (Lipinski definition) is 0. The van der Waals surface area contributed by atoms with E-state index in [0.717, 1.165) is 0 Å². The van der Waals surface area contributed by atoms with Crippen molar-refractivity contribution in [3.63, 3.8) is 0 Å². The van der Waals surface area contributed by atoms with Gasteiger partial charge in [-0.2, -0.15) is 11.8 Å². The van der Waals surface area contributed by atoms with Gasteiger partial charge in [0.25, 0.3) is 0 Å². The average molecular weight is 226 g/mol. The third-order valence-corrected chi connectivity index (χ3v) is 5.06. The molecule has 1 fully saturated rings. The first-order chi connectivity index (χ1) is 6.87. The normalized spacial score (nSPS) is 26.9. The highest BCUT2D eigenvalue weighted by Gasteiger charge is 2.30. The van der Waals surface area contributed by atoms with Crippen LogP contribution in [-0.2, 0) is 0 Å². The molecule has 1 atom stereocenters. The molecule has 0 radical (unpaired) electrons. The Morgan fingerprint density at radius 2 is 2.13 bits per heavy atom. The molecule has 0 aromatic heterocycles. The first kappa shape index (κ1) is 13.2. The smallest absolute Gasteiger partial charge is 0.00101 e. The van der Waals surface area contributed by atoms with E-state index < -0.39 is 0 Å². The van der Waals surface area contributed by atoms with E-state index in [1.54, 1.807) is 0 Å². The summed E-state index contributed by atoms with van der Waals surface area (Å²) in [7, 11) is 0. The minimum absolute atomic E-state index is 0.444. The maximum absolute atomic E-state index is 4.29. The Morgan fingerprint density at radius 1 is 1.47 bits per heavy atom. The molecular weight excluding hydrogens is 200 g/mol. The molecule has 15 heavy (non-hydrogen) atoms. The zero-order valence-corrected chi connectivity index (χ0v) is 11.7. The third kappa shape index (κ3) is 4.22. The van der Waals surface area contributed by atoms with E-state index in [1.165, 1.54) is 42.8 Å². The summed E-state index contributed by atoms with van der Waals surface area (Å²) in [6, 6.07) is 0. The van der Waals surface area contributed by atoms with Gasteiger partial charge in [0, 0.05) is 0 Å². The molecule has 1 aliphatic heterocycles. The van der Waals surface area contributed by atoms with Crippen LogP contribution in [0.3, 0.4) is 0 Å². The molecular formula is C14H26S. The van der Waals surface area contributed by atoms with Gasteiger partial charge in [0.05, 0.1) is 0 Å². The van der Waals surface area contributed by atoms with Crippen LogP contribution in [-0.4, -0.2) is 11.5 Å². The Kier molecular flexibility index (Phi) is 4.34. The summed E-state index contributed by atoms with van der Waals surface area (Å²) in [6.07, 6.45) is 5.06. The van der Waals surface area contributed by atoms with E-state index in [0.29, 0.717) is 10.8 Å². The maximum Gasteiger partial charge on any atom is -0.00101 e. The van der Waals surface area contributed by atoms with Gasteiger partial charge < -0.3 is 0 Å². The summed E-state index contributed by atoms with van der Waals surface area (Å²) >= 11 is 2.11. The van der Waals surface area contributed by atoms with Crippen LogP contribution in [0.25, 0.3) is 0 Å². The van der Waals surface area contributed by atoms with Crippen molar-refractivity contribution >= 4 is 11.8 Å². The fraction of sp³-hybridized carbons (Fsp3) is 0.857. The second kappa shape index (κ2) is 4.95. The Morgan fingerprint density at radius 3 is 2.60 bits per heavy atom. The maximum atomic E-state index is 4.29. The van der Waals surface area contributed by atoms with Crippen molar-refractivity contribution in [3.05, 3.63) is 12.2 Å². The molecule has 1 aliphatic rings. The first-order valence-corrected chi connectivity index (χ1v) is 7.27. The molecule has 0 aromatic rings. The molecule has 1 heterocycles. The molecule has 88 valence electrons. The lowest BCUT2D eigenvalue weighted by Gasteiger charge is -2.29. The Labute approximate surface area is 99.9 Å². The largest absolute Gasteiger partial charge is 0.161 e. The summed E-state index contributed by atoms with van der Waals surface area (Å²) in [6.45, 7) is 13.7. The van der Waals surface area contributed by atoms with Gasteiger partial charge in [-0.1, -0.05) is 46.3 Å². The molecule has 0 amide bonds. The lowest BCUT2D eigenvalue weighted by Crippen LogP contribution is -2.18. The van der Waals surface area contributed by atoms with Gasteiger partial charge >= 0.3 is 0 Å². The lowest BCUT2D eigenvalue weighted by atomic mass is 9.77. The number of hydrogen-bond acceptors (Lipinski definition) is 1. The van der Waals surface area contributed by atoms with Crippen molar-refractivity contribution in [2.45, 2.75) is 53.4 Å². The van der Waals surface area contributed by atoms with Crippen LogP contribution in [0.2, 0.25) is 0 Å². The van der Waals surface area contributed by atoms with Crippen molar-refractivity contribution in [1.82, 2.24) is 0 Å². The van der Waals surface area contributed by atoms with Crippen LogP contribution in [0.4, 0.5) is 0 Å². The SMILES string of the molecule is C=C(CC(C)(C)CC)CC1(C)CCSC1. The lowest BCUT2D eigenvalue weighted by molar-refractivity contribution is 0.315. The first-order valence-electron chi connectivity index (χ1n) is 6.11. The molecule has 0 nitrogen and oxygen atoms in total. The van der Waals surface area contributed by atoms with Gasteiger partial charge in [0.2, 0.25) is 0 Å². The minimum atomic E-state index is 0.444. The fourth-order valence-electron chi connectivity index (χ4n) is 2.32. The molecule has 0 aliphatic carbocycles. The van der Waals surface area contributed by atoms with Gasteiger partial charge in [0.1, 0.15) is 0 Å². The highest BCUT2D eigenvalue weighted by atomic mass is 32.2. The van der Waals surface area contributed by atoms with E-state index >= 15 is 0 Å². The van der Waals surface area contributed by atoms with E-state index in [2.05, 4.69) is 46.0 Å². The van der Waals surface area contributed by atoms with Crippen LogP contribution < -0.4 is 0 Å². The zero-order chi connectivity index (χ0) is 11.5. The fourth-order valence-corrected chi connectivity index (χ4v) is 3.84. The highest BCUT2D eigenvalue weighted by molar-refractivity contribution is 7.99. The summed E-state index contributed by atoms with van der Waals surface area (Å²) in [5.74, 6) is 2.68. The summed E-state index contributed by atoms with van der Waals surface area (Å²) in [5.41, 5.74) is 2.46. The van der Waals surface area contributed by atoms with Crippen LogP contribution in [0.5, 0.6) is 0 Å². The summed E-state index contributed by atoms with van der Waals surface area (Å²) < 4.78 is 0. The zero-order valence-electron chi connectivity index (χ0n) is 10.9. The quantitative estimate of drug-likeness (QED) is 0.601. The molecule has 1 unspecified atom stereocenters. The predicted molar refractivity (Wildman–Crippen MR) is 72.5 cm³/mol. The molecule has 1 rings (SSSR count). The standard InChI is InChI=1S/C14H26S/c1-6-13(3,4)9-12(2)10-14(5)7-8-15-11-14/h2,6-11H2,1,3-5H3. The van der Waals surface area contributed by atoms with E-state index in [9.17, 15) is 0 Å². The van der Waals surface area contributed by atoms with Crippen molar-refractivity contribution in [2.24, 2.45) is 10.8 Å². The predicted octanol–water partition coefficient (Wildman–Crippen LogP) is 4.90. The van der Waals surface area contributed by atoms with Crippen molar-refractivity contribution in [1.29, 1.82) is 0 Å². The monoisotopic (exact) mass is 226 g/mol. The molecule has 0 spiro atoms. The molecule has 1 saturated heterocycles. The van der Waals surface area contributed by atoms with Crippen LogP contribution in [0.1, 0.15) is 53.4 Å². The van der Waals surface area contributed by atoms with Crippen LogP contribution in [0.15, 0.2) is 12.2 Å². The number of rotatable bonds is 5. The van der Waals surface area contributed by atoms with Gasteiger partial charge in [-0.05, 0) is 41.6 Å². The topological polar surface area (TPSA) is 0 Å². The van der Waals surface area contributed by atoms with Crippen molar-refractivity contribution in [2.75, 3.05) is 11.5 Å². The van der Waals surface area contributed by atoms with Gasteiger partial charge in [-0.3, -0.25) is 0 Å². The highest BCUT2D eigenvalue weighted by Crippen LogP contribution is 2.42. The summed E-state index contributed by atoms with van der Waals surface area (Å²) in [5, 5.41) is 0. The average Bonchev–Trinajstić information content (AvgIpc) is 2.50. The van der Waals surface area contributed by atoms with E-state index in [-0.39, 0.29) is 0 Å². The van der Waals surface area contributed by atoms with E-state index in [1.807, 2.05) is 0 Å². The van der Waals surface area contributed by atoms with Gasteiger partial charge in [-0.15, -0.1) is 0 Å². The van der Waals surface area contributed by atoms with Crippen molar-refractivity contribution in [3.8, 4) is 0 Å². The van der Waals surface area contributed by atoms with Crippen LogP contribution in [0, 0.1) is 10.8 Å². The minimum Gasteiger partial charge on any atom is -0.161 e. The van der Waals surface area contributed by atoms with Crippen LogP contribution >= 0.6 is 11.8 Å². The molecule has 0 saturated carbocycles. The van der Waals surface area contributed by atoms with Gasteiger partial charge in [0.15, 0.2) is 0 Å². The second-order valence-electron chi connectivity index (χ2n) is 6.23. The number of thioether (sulfide) groups is 1.